The van der Waals surface area contributed by atoms with Crippen LogP contribution in [0.25, 0.3) is 0 Å². The molecule has 6 heteroatoms. The van der Waals surface area contributed by atoms with Crippen LogP contribution in [0.5, 0.6) is 5.75 Å². The van der Waals surface area contributed by atoms with Crippen LogP contribution < -0.4 is 10.1 Å². The molecular weight excluding hydrogens is 288 g/mol. The molecule has 21 heavy (non-hydrogen) atoms. The minimum atomic E-state index is 0.600. The number of aryl methyl sites for hydroxylation is 1. The van der Waals surface area contributed by atoms with Gasteiger partial charge in [0.05, 0.1) is 18.7 Å². The summed E-state index contributed by atoms with van der Waals surface area (Å²) >= 11 is 6.13. The average Bonchev–Trinajstić information content (AvgIpc) is 2.72. The van der Waals surface area contributed by atoms with Gasteiger partial charge >= 0.3 is 0 Å². The number of aromatic nitrogens is 3. The summed E-state index contributed by atoms with van der Waals surface area (Å²) in [5.41, 5.74) is 0.951. The van der Waals surface area contributed by atoms with Crippen molar-refractivity contribution in [3.05, 3.63) is 34.9 Å². The Morgan fingerprint density at radius 2 is 2.19 bits per heavy atom. The lowest BCUT2D eigenvalue weighted by atomic mass is 10.2. The Morgan fingerprint density at radius 1 is 1.29 bits per heavy atom. The van der Waals surface area contributed by atoms with Crippen LogP contribution in [-0.2, 0) is 19.5 Å². The Bertz CT molecular complexity index is 626. The Hall–Kier alpha value is -1.75. The van der Waals surface area contributed by atoms with Crippen LogP contribution in [0.3, 0.4) is 0 Å². The summed E-state index contributed by atoms with van der Waals surface area (Å²) in [6, 6.07) is 5.67. The van der Waals surface area contributed by atoms with Gasteiger partial charge in [0.2, 0.25) is 0 Å². The molecule has 0 saturated heterocycles. The van der Waals surface area contributed by atoms with Gasteiger partial charge in [-0.3, -0.25) is 0 Å². The molecule has 0 saturated carbocycles. The minimum Gasteiger partial charge on any atom is -0.495 e. The number of fused-ring (bicyclic) bond motifs is 1. The molecule has 0 unspecified atom stereocenters. The first-order chi connectivity index (χ1) is 10.3. The lowest BCUT2D eigenvalue weighted by Crippen LogP contribution is -2.10. The van der Waals surface area contributed by atoms with Gasteiger partial charge in [0.1, 0.15) is 11.6 Å². The highest BCUT2D eigenvalue weighted by atomic mass is 35.5. The van der Waals surface area contributed by atoms with Gasteiger partial charge in [-0.2, -0.15) is 0 Å². The number of methoxy groups -OCH3 is 1. The normalized spacial score (nSPS) is 14.4. The van der Waals surface area contributed by atoms with Gasteiger partial charge < -0.3 is 14.6 Å². The maximum atomic E-state index is 6.13. The molecule has 0 spiro atoms. The summed E-state index contributed by atoms with van der Waals surface area (Å²) in [6.45, 7) is 1.67. The van der Waals surface area contributed by atoms with Crippen LogP contribution in [0.2, 0.25) is 5.02 Å². The van der Waals surface area contributed by atoms with Crippen molar-refractivity contribution in [3.8, 4) is 5.75 Å². The van der Waals surface area contributed by atoms with Crippen molar-refractivity contribution in [2.75, 3.05) is 12.4 Å². The second-order valence-electron chi connectivity index (χ2n) is 5.20. The van der Waals surface area contributed by atoms with Gasteiger partial charge in [0.25, 0.3) is 0 Å². The molecule has 1 aliphatic rings. The van der Waals surface area contributed by atoms with E-state index in [0.717, 1.165) is 30.3 Å². The zero-order valence-corrected chi connectivity index (χ0v) is 12.9. The smallest absolute Gasteiger partial charge is 0.152 e. The minimum absolute atomic E-state index is 0.600. The number of nitrogens with zero attached hydrogens (tertiary/aromatic N) is 3. The number of rotatable bonds is 4. The van der Waals surface area contributed by atoms with Gasteiger partial charge in [-0.1, -0.05) is 18.0 Å². The molecule has 1 aromatic carbocycles. The molecule has 0 fully saturated rings. The van der Waals surface area contributed by atoms with Gasteiger partial charge in [-0.25, -0.2) is 0 Å². The average molecular weight is 307 g/mol. The van der Waals surface area contributed by atoms with E-state index in [1.807, 2.05) is 18.2 Å². The maximum absolute atomic E-state index is 6.13. The van der Waals surface area contributed by atoms with Crippen molar-refractivity contribution in [3.63, 3.8) is 0 Å². The predicted octanol–water partition coefficient (Wildman–Crippen LogP) is 3.28. The molecule has 5 nitrogen and oxygen atoms in total. The van der Waals surface area contributed by atoms with Gasteiger partial charge in [0, 0.05) is 18.7 Å². The molecule has 1 aliphatic heterocycles. The highest BCUT2D eigenvalue weighted by molar-refractivity contribution is 6.32. The zero-order chi connectivity index (χ0) is 14.7. The second kappa shape index (κ2) is 6.35. The molecule has 0 amide bonds. The fraction of sp³-hybridized carbons (Fsp3) is 0.467. The first-order valence-electron chi connectivity index (χ1n) is 7.26. The van der Waals surface area contributed by atoms with Crippen LogP contribution in [0, 0.1) is 0 Å². The van der Waals surface area contributed by atoms with Crippen LogP contribution in [-0.4, -0.2) is 21.9 Å². The van der Waals surface area contributed by atoms with Crippen LogP contribution >= 0.6 is 11.6 Å². The van der Waals surface area contributed by atoms with E-state index in [0.29, 0.717) is 17.3 Å². The Labute approximate surface area is 129 Å². The number of hydrogen-bond donors (Lipinski definition) is 1. The van der Waals surface area contributed by atoms with Crippen LogP contribution in [0.4, 0.5) is 5.69 Å². The Balaban J connectivity index is 1.70. The van der Waals surface area contributed by atoms with E-state index in [9.17, 15) is 0 Å². The van der Waals surface area contributed by atoms with Crippen molar-refractivity contribution in [1.82, 2.24) is 14.8 Å². The largest absolute Gasteiger partial charge is 0.495 e. The lowest BCUT2D eigenvalue weighted by molar-refractivity contribution is 0.415. The number of nitrogens with one attached hydrogen (secondary N) is 1. The number of halogens is 1. The maximum Gasteiger partial charge on any atom is 0.152 e. The number of anilines is 1. The Morgan fingerprint density at radius 3 is 3.00 bits per heavy atom. The molecule has 1 N–H and O–H groups in total. The van der Waals surface area contributed by atoms with E-state index in [4.69, 9.17) is 16.3 Å². The molecule has 3 rings (SSSR count). The first-order valence-corrected chi connectivity index (χ1v) is 7.64. The van der Waals surface area contributed by atoms with Crippen molar-refractivity contribution >= 4 is 17.3 Å². The van der Waals surface area contributed by atoms with Gasteiger partial charge in [0.15, 0.2) is 5.82 Å². The third-order valence-corrected chi connectivity index (χ3v) is 4.08. The summed E-state index contributed by atoms with van der Waals surface area (Å²) in [4.78, 5) is 0. The molecule has 0 atom stereocenters. The first kappa shape index (κ1) is 14.2. The van der Waals surface area contributed by atoms with Crippen molar-refractivity contribution < 1.29 is 4.74 Å². The van der Waals surface area contributed by atoms with Crippen LogP contribution in [0.1, 0.15) is 30.9 Å². The second-order valence-corrected chi connectivity index (χ2v) is 5.60. The van der Waals surface area contributed by atoms with Gasteiger partial charge in [-0.15, -0.1) is 10.2 Å². The highest BCUT2D eigenvalue weighted by Crippen LogP contribution is 2.27. The SMILES string of the molecule is COc1ccc(NCc2nnc3n2CCCCC3)cc1Cl. The molecule has 0 aliphatic carbocycles. The van der Waals surface area contributed by atoms with E-state index in [-0.39, 0.29) is 0 Å². The summed E-state index contributed by atoms with van der Waals surface area (Å²) in [6.07, 6.45) is 4.71. The molecule has 0 bridgehead atoms. The molecule has 1 aromatic heterocycles. The third kappa shape index (κ3) is 3.13. The Kier molecular flexibility index (Phi) is 4.29. The molecule has 112 valence electrons. The quantitative estimate of drug-likeness (QED) is 0.942. The summed E-state index contributed by atoms with van der Waals surface area (Å²) < 4.78 is 7.39. The van der Waals surface area contributed by atoms with E-state index in [1.165, 1.54) is 19.3 Å². The van der Waals surface area contributed by atoms with Crippen molar-refractivity contribution in [2.24, 2.45) is 0 Å². The third-order valence-electron chi connectivity index (χ3n) is 3.79. The number of ether oxygens (including phenoxy) is 1. The fourth-order valence-corrected chi connectivity index (χ4v) is 2.89. The lowest BCUT2D eigenvalue weighted by Gasteiger charge is -2.10. The summed E-state index contributed by atoms with van der Waals surface area (Å²) in [5, 5.41) is 12.6. The van der Waals surface area contributed by atoms with Crippen molar-refractivity contribution in [2.45, 2.75) is 38.8 Å². The fourth-order valence-electron chi connectivity index (χ4n) is 2.63. The van der Waals surface area contributed by atoms with E-state index < -0.39 is 0 Å². The van der Waals surface area contributed by atoms with Crippen molar-refractivity contribution in [1.29, 1.82) is 0 Å². The zero-order valence-electron chi connectivity index (χ0n) is 12.1. The summed E-state index contributed by atoms with van der Waals surface area (Å²) in [7, 11) is 1.61. The topological polar surface area (TPSA) is 52.0 Å². The summed E-state index contributed by atoms with van der Waals surface area (Å²) in [5.74, 6) is 2.77. The van der Waals surface area contributed by atoms with E-state index in [1.54, 1.807) is 7.11 Å². The molecular formula is C15H19ClN4O. The predicted molar refractivity (Wildman–Crippen MR) is 82.9 cm³/mol. The standard InChI is InChI=1S/C15H19ClN4O/c1-21-13-7-6-11(9-12(13)16)17-10-15-19-18-14-5-3-2-4-8-20(14)15/h6-7,9,17H,2-5,8,10H2,1H3. The molecule has 2 heterocycles. The van der Waals surface area contributed by atoms with E-state index >= 15 is 0 Å². The highest BCUT2D eigenvalue weighted by Gasteiger charge is 2.14. The monoisotopic (exact) mass is 306 g/mol. The van der Waals surface area contributed by atoms with Gasteiger partial charge in [-0.05, 0) is 31.0 Å². The van der Waals surface area contributed by atoms with E-state index in [2.05, 4.69) is 20.1 Å². The molecule has 2 aromatic rings. The number of benzene rings is 1. The molecule has 0 radical (unpaired) electrons. The van der Waals surface area contributed by atoms with Crippen LogP contribution in [0.15, 0.2) is 18.2 Å². The number of hydrogen-bond acceptors (Lipinski definition) is 4.